The van der Waals surface area contributed by atoms with Gasteiger partial charge in [-0.25, -0.2) is 10.5 Å². The lowest BCUT2D eigenvalue weighted by Gasteiger charge is -2.01. The van der Waals surface area contributed by atoms with E-state index >= 15 is 0 Å². The maximum absolute atomic E-state index is 11.0. The number of rotatable bonds is 6. The number of aromatic amines is 1. The average Bonchev–Trinajstić information content (AvgIpc) is 3.07. The highest BCUT2D eigenvalue weighted by Crippen LogP contribution is 2.27. The molecule has 0 aliphatic carbocycles. The monoisotopic (exact) mass is 383 g/mol. The fourth-order valence-corrected chi connectivity index (χ4v) is 2.83. The molecule has 1 aromatic heterocycles. The van der Waals surface area contributed by atoms with Gasteiger partial charge in [-0.1, -0.05) is 35.9 Å². The highest BCUT2D eigenvalue weighted by Gasteiger charge is 2.11. The molecule has 0 radical (unpaired) electrons. The second kappa shape index (κ2) is 8.53. The van der Waals surface area contributed by atoms with Gasteiger partial charge in [0.05, 0.1) is 7.11 Å². The Balaban J connectivity index is 1.72. The van der Waals surface area contributed by atoms with Gasteiger partial charge in [0, 0.05) is 18.1 Å². The summed E-state index contributed by atoms with van der Waals surface area (Å²) in [6.45, 7) is 0. The topological polar surface area (TPSA) is 87.2 Å². The summed E-state index contributed by atoms with van der Waals surface area (Å²) in [6.07, 6.45) is 3.46. The zero-order chi connectivity index (χ0) is 19.2. The maximum atomic E-state index is 11.0. The van der Waals surface area contributed by atoms with Crippen LogP contribution < -0.4 is 10.2 Å². The molecule has 3 N–H and O–H groups in total. The van der Waals surface area contributed by atoms with Crippen LogP contribution in [-0.2, 0) is 11.2 Å². The SMILES string of the molecule is COc1ccc(-c2nc(Cc3ccc(C=CC(=O)NO)cc3)[nH]c2Cl)cc1. The summed E-state index contributed by atoms with van der Waals surface area (Å²) in [4.78, 5) is 18.7. The molecule has 0 aliphatic heterocycles. The number of nitrogens with one attached hydrogen (secondary N) is 2. The van der Waals surface area contributed by atoms with E-state index in [1.165, 1.54) is 6.08 Å². The lowest BCUT2D eigenvalue weighted by Crippen LogP contribution is -2.14. The number of carbonyl (C=O) groups excluding carboxylic acids is 1. The lowest BCUT2D eigenvalue weighted by molar-refractivity contribution is -0.124. The highest BCUT2D eigenvalue weighted by molar-refractivity contribution is 6.31. The number of benzene rings is 2. The summed E-state index contributed by atoms with van der Waals surface area (Å²) in [5.41, 5.74) is 5.05. The Labute approximate surface area is 161 Å². The third kappa shape index (κ3) is 4.75. The minimum absolute atomic E-state index is 0.490. The van der Waals surface area contributed by atoms with E-state index in [1.54, 1.807) is 18.7 Å². The minimum atomic E-state index is -0.574. The van der Waals surface area contributed by atoms with Crippen LogP contribution in [0, 0.1) is 0 Å². The van der Waals surface area contributed by atoms with E-state index < -0.39 is 5.91 Å². The molecule has 0 atom stereocenters. The molecule has 27 heavy (non-hydrogen) atoms. The van der Waals surface area contributed by atoms with Crippen LogP contribution in [0.4, 0.5) is 0 Å². The fraction of sp³-hybridized carbons (Fsp3) is 0.100. The largest absolute Gasteiger partial charge is 0.497 e. The molecule has 0 aliphatic rings. The van der Waals surface area contributed by atoms with Gasteiger partial charge in [-0.05, 0) is 41.5 Å². The van der Waals surface area contributed by atoms with Crippen LogP contribution in [0.25, 0.3) is 17.3 Å². The second-order valence-corrected chi connectivity index (χ2v) is 6.18. The normalized spacial score (nSPS) is 10.9. The van der Waals surface area contributed by atoms with Crippen molar-refractivity contribution in [2.45, 2.75) is 6.42 Å². The molecule has 0 fully saturated rings. The van der Waals surface area contributed by atoms with E-state index in [2.05, 4.69) is 9.97 Å². The molecule has 2 aromatic carbocycles. The number of hydrogen-bond donors (Lipinski definition) is 3. The van der Waals surface area contributed by atoms with E-state index in [0.29, 0.717) is 17.3 Å². The minimum Gasteiger partial charge on any atom is -0.497 e. The number of aromatic nitrogens is 2. The number of ether oxygens (including phenoxy) is 1. The summed E-state index contributed by atoms with van der Waals surface area (Å²) in [6, 6.07) is 15.2. The Hall–Kier alpha value is -3.09. The van der Waals surface area contributed by atoms with Gasteiger partial charge in [-0.2, -0.15) is 0 Å². The molecule has 0 saturated carbocycles. The van der Waals surface area contributed by atoms with Crippen LogP contribution in [0.3, 0.4) is 0 Å². The Morgan fingerprint density at radius 3 is 2.56 bits per heavy atom. The molecule has 0 spiro atoms. The standard InChI is InChI=1S/C20H18ClN3O3/c1-27-16-9-7-15(8-10-16)19-20(21)23-17(22-19)12-14-4-2-13(3-5-14)6-11-18(25)24-26/h2-11,26H,12H2,1H3,(H,22,23)(H,24,25). The molecular weight excluding hydrogens is 366 g/mol. The van der Waals surface area contributed by atoms with Gasteiger partial charge in [0.25, 0.3) is 5.91 Å². The number of methoxy groups -OCH3 is 1. The summed E-state index contributed by atoms with van der Waals surface area (Å²) in [5.74, 6) is 0.959. The van der Waals surface area contributed by atoms with Crippen molar-refractivity contribution in [2.75, 3.05) is 7.11 Å². The first-order chi connectivity index (χ1) is 13.1. The smallest absolute Gasteiger partial charge is 0.267 e. The summed E-state index contributed by atoms with van der Waals surface area (Å²) in [7, 11) is 1.62. The fourth-order valence-electron chi connectivity index (χ4n) is 2.57. The van der Waals surface area contributed by atoms with Crippen molar-refractivity contribution < 1.29 is 14.7 Å². The highest BCUT2D eigenvalue weighted by atomic mass is 35.5. The van der Waals surface area contributed by atoms with Crippen LogP contribution in [0.5, 0.6) is 5.75 Å². The zero-order valence-corrected chi connectivity index (χ0v) is 15.3. The zero-order valence-electron chi connectivity index (χ0n) is 14.6. The van der Waals surface area contributed by atoms with Crippen molar-refractivity contribution in [3.05, 3.63) is 76.7 Å². The third-order valence-corrected chi connectivity index (χ3v) is 4.23. The molecule has 3 rings (SSSR count). The van der Waals surface area contributed by atoms with Crippen molar-refractivity contribution in [2.24, 2.45) is 0 Å². The molecular formula is C20H18ClN3O3. The Kier molecular flexibility index (Phi) is 5.90. The number of imidazole rings is 1. The van der Waals surface area contributed by atoms with Crippen molar-refractivity contribution in [1.82, 2.24) is 15.4 Å². The molecule has 0 unspecified atom stereocenters. The number of nitrogens with zero attached hydrogens (tertiary/aromatic N) is 1. The van der Waals surface area contributed by atoms with Crippen LogP contribution in [-0.4, -0.2) is 28.2 Å². The van der Waals surface area contributed by atoms with E-state index in [1.807, 2.05) is 48.5 Å². The van der Waals surface area contributed by atoms with Crippen molar-refractivity contribution in [1.29, 1.82) is 0 Å². The summed E-state index contributed by atoms with van der Waals surface area (Å²) in [5, 5.41) is 8.97. The van der Waals surface area contributed by atoms with Crippen LogP contribution in [0.2, 0.25) is 5.15 Å². The van der Waals surface area contributed by atoms with E-state index in [-0.39, 0.29) is 0 Å². The maximum Gasteiger partial charge on any atom is 0.267 e. The van der Waals surface area contributed by atoms with Gasteiger partial charge < -0.3 is 9.72 Å². The van der Waals surface area contributed by atoms with Crippen molar-refractivity contribution in [3.63, 3.8) is 0 Å². The average molecular weight is 384 g/mol. The van der Waals surface area contributed by atoms with Crippen LogP contribution >= 0.6 is 11.6 Å². The lowest BCUT2D eigenvalue weighted by atomic mass is 10.1. The quantitative estimate of drug-likeness (QED) is 0.343. The van der Waals surface area contributed by atoms with Gasteiger partial charge in [0.2, 0.25) is 0 Å². The van der Waals surface area contributed by atoms with Gasteiger partial charge in [0.1, 0.15) is 22.4 Å². The predicted octanol–water partition coefficient (Wildman–Crippen LogP) is 3.85. The Bertz CT molecular complexity index is 948. The number of H-pyrrole nitrogens is 1. The molecule has 1 amide bonds. The number of hydroxylamine groups is 1. The molecule has 1 heterocycles. The van der Waals surface area contributed by atoms with Crippen molar-refractivity contribution >= 4 is 23.6 Å². The van der Waals surface area contributed by atoms with Gasteiger partial charge in [-0.15, -0.1) is 0 Å². The summed E-state index contributed by atoms with van der Waals surface area (Å²) >= 11 is 6.31. The molecule has 6 nitrogen and oxygen atoms in total. The number of amides is 1. The van der Waals surface area contributed by atoms with E-state index in [0.717, 1.165) is 28.3 Å². The van der Waals surface area contributed by atoms with Crippen molar-refractivity contribution in [3.8, 4) is 17.0 Å². The van der Waals surface area contributed by atoms with E-state index in [4.69, 9.17) is 21.5 Å². The van der Waals surface area contributed by atoms with Gasteiger partial charge in [0.15, 0.2) is 0 Å². The molecule has 3 aromatic rings. The first-order valence-electron chi connectivity index (χ1n) is 8.19. The number of halogens is 1. The van der Waals surface area contributed by atoms with Crippen LogP contribution in [0.1, 0.15) is 17.0 Å². The van der Waals surface area contributed by atoms with Gasteiger partial charge in [-0.3, -0.25) is 10.0 Å². The molecule has 7 heteroatoms. The number of hydrogen-bond acceptors (Lipinski definition) is 4. The molecule has 0 bridgehead atoms. The molecule has 138 valence electrons. The van der Waals surface area contributed by atoms with Crippen LogP contribution in [0.15, 0.2) is 54.6 Å². The first kappa shape index (κ1) is 18.7. The molecule has 0 saturated heterocycles. The first-order valence-corrected chi connectivity index (χ1v) is 8.56. The van der Waals surface area contributed by atoms with E-state index in [9.17, 15) is 4.79 Å². The Morgan fingerprint density at radius 1 is 1.22 bits per heavy atom. The Morgan fingerprint density at radius 2 is 1.93 bits per heavy atom. The predicted molar refractivity (Wildman–Crippen MR) is 104 cm³/mol. The number of carbonyl (C=O) groups is 1. The third-order valence-electron chi connectivity index (χ3n) is 3.96. The summed E-state index contributed by atoms with van der Waals surface area (Å²) < 4.78 is 5.17. The second-order valence-electron chi connectivity index (χ2n) is 5.80. The van der Waals surface area contributed by atoms with Gasteiger partial charge >= 0.3 is 0 Å².